The van der Waals surface area contributed by atoms with Gasteiger partial charge in [0.1, 0.15) is 6.61 Å². The molecule has 1 fully saturated rings. The molecule has 1 N–H and O–H groups in total. The first-order valence-corrected chi connectivity index (χ1v) is 15.3. The summed E-state index contributed by atoms with van der Waals surface area (Å²) in [4.78, 5) is 2.40. The molecule has 2 heterocycles. The van der Waals surface area contributed by atoms with Crippen molar-refractivity contribution in [2.24, 2.45) is 0 Å². The van der Waals surface area contributed by atoms with Gasteiger partial charge in [-0.1, -0.05) is 55.3 Å². The van der Waals surface area contributed by atoms with Crippen molar-refractivity contribution in [3.8, 4) is 0 Å². The molecule has 0 radical (unpaired) electrons. The summed E-state index contributed by atoms with van der Waals surface area (Å²) in [5, 5.41) is 9.10. The average molecular weight is 567 g/mol. The van der Waals surface area contributed by atoms with Gasteiger partial charge >= 0.3 is 0 Å². The molecule has 3 aliphatic rings. The van der Waals surface area contributed by atoms with E-state index in [9.17, 15) is 0 Å². The zero-order valence-electron chi connectivity index (χ0n) is 26.9. The van der Waals surface area contributed by atoms with Crippen LogP contribution >= 0.6 is 0 Å². The van der Waals surface area contributed by atoms with Crippen molar-refractivity contribution in [3.63, 3.8) is 0 Å². The van der Waals surface area contributed by atoms with Crippen LogP contribution in [0.4, 0.5) is 11.4 Å². The fourth-order valence-electron chi connectivity index (χ4n) is 7.04. The summed E-state index contributed by atoms with van der Waals surface area (Å²) in [5.74, 6) is 0. The second-order valence-corrected chi connectivity index (χ2v) is 13.1. The number of benzene rings is 2. The maximum Gasteiger partial charge on any atom is 0.209 e. The number of nitrogens with one attached hydrogen (secondary N) is 1. The predicted octanol–water partition coefficient (Wildman–Crippen LogP) is 7.71. The zero-order chi connectivity index (χ0) is 30.2. The van der Waals surface area contributed by atoms with Crippen LogP contribution in [0.5, 0.6) is 0 Å². The van der Waals surface area contributed by atoms with Crippen LogP contribution in [-0.4, -0.2) is 56.5 Å². The van der Waals surface area contributed by atoms with Gasteiger partial charge < -0.3 is 19.8 Å². The summed E-state index contributed by atoms with van der Waals surface area (Å²) in [5.41, 5.74) is 13.3. The molecular weight excluding hydrogens is 518 g/mol. The summed E-state index contributed by atoms with van der Waals surface area (Å²) in [7, 11) is 3.53. The topological polar surface area (TPSA) is 48.6 Å². The first-order chi connectivity index (χ1) is 20.0. The molecule has 5 heteroatoms. The molecule has 0 atom stereocenters. The van der Waals surface area contributed by atoms with Crippen LogP contribution in [0.3, 0.4) is 0 Å². The highest BCUT2D eigenvalue weighted by atomic mass is 16.5. The van der Waals surface area contributed by atoms with Crippen LogP contribution in [0, 0.1) is 19.3 Å². The third-order valence-electron chi connectivity index (χ3n) is 9.54. The van der Waals surface area contributed by atoms with Crippen LogP contribution in [0.15, 0.2) is 71.5 Å². The number of methoxy groups -OCH3 is 2. The van der Waals surface area contributed by atoms with Gasteiger partial charge in [-0.15, -0.1) is 0 Å². The Labute approximate surface area is 252 Å². The third-order valence-corrected chi connectivity index (χ3v) is 9.54. The van der Waals surface area contributed by atoms with E-state index in [1.165, 1.54) is 45.0 Å². The third kappa shape index (κ3) is 5.33. The monoisotopic (exact) mass is 566 g/mol. The van der Waals surface area contributed by atoms with E-state index >= 15 is 0 Å². The van der Waals surface area contributed by atoms with E-state index in [-0.39, 0.29) is 10.8 Å². The lowest BCUT2D eigenvalue weighted by molar-refractivity contribution is -0.443. The average Bonchev–Trinajstić information content (AvgIpc) is 3.48. The number of anilines is 1. The van der Waals surface area contributed by atoms with Gasteiger partial charge in [0.05, 0.1) is 17.7 Å². The predicted molar refractivity (Wildman–Crippen MR) is 175 cm³/mol. The number of rotatable bonds is 9. The van der Waals surface area contributed by atoms with Crippen molar-refractivity contribution in [2.75, 3.05) is 45.4 Å². The minimum Gasteiger partial charge on any atom is -0.383 e. The van der Waals surface area contributed by atoms with E-state index < -0.39 is 0 Å². The van der Waals surface area contributed by atoms with E-state index in [1.807, 2.05) is 0 Å². The molecule has 2 aliphatic heterocycles. The molecule has 222 valence electrons. The number of allylic oxidation sites excluding steroid dienone is 6. The van der Waals surface area contributed by atoms with Gasteiger partial charge in [-0.25, -0.2) is 0 Å². The number of hydrogen-bond acceptors (Lipinski definition) is 4. The zero-order valence-corrected chi connectivity index (χ0v) is 26.9. The Hall–Kier alpha value is -3.28. The van der Waals surface area contributed by atoms with Gasteiger partial charge in [0, 0.05) is 55.6 Å². The van der Waals surface area contributed by atoms with E-state index in [4.69, 9.17) is 14.9 Å². The van der Waals surface area contributed by atoms with Crippen LogP contribution in [-0.2, 0) is 20.3 Å². The molecule has 5 nitrogen and oxygen atoms in total. The van der Waals surface area contributed by atoms with Gasteiger partial charge in [0.2, 0.25) is 5.69 Å². The first kappa shape index (κ1) is 30.2. The smallest absolute Gasteiger partial charge is 0.209 e. The molecular formula is C37H48N3O2+. The van der Waals surface area contributed by atoms with Gasteiger partial charge in [0.15, 0.2) is 12.3 Å². The molecule has 0 spiro atoms. The minimum absolute atomic E-state index is 0.0664. The molecule has 2 aromatic rings. The van der Waals surface area contributed by atoms with Crippen LogP contribution in [0.1, 0.15) is 69.2 Å². The van der Waals surface area contributed by atoms with Gasteiger partial charge in [-0.2, -0.15) is 4.58 Å². The highest BCUT2D eigenvalue weighted by Crippen LogP contribution is 2.48. The molecule has 2 aromatic carbocycles. The Bertz CT molecular complexity index is 1520. The highest BCUT2D eigenvalue weighted by molar-refractivity contribution is 6.13. The summed E-state index contributed by atoms with van der Waals surface area (Å²) in [6.07, 6.45) is 9.44. The summed E-state index contributed by atoms with van der Waals surface area (Å²) >= 11 is 0. The first-order valence-electron chi connectivity index (χ1n) is 15.3. The lowest BCUT2D eigenvalue weighted by atomic mass is 9.79. The van der Waals surface area contributed by atoms with Crippen molar-refractivity contribution < 1.29 is 14.0 Å². The van der Waals surface area contributed by atoms with E-state index in [0.29, 0.717) is 18.9 Å². The number of nitrogens with zero attached hydrogens (tertiary/aromatic N) is 2. The highest BCUT2D eigenvalue weighted by Gasteiger charge is 2.45. The Morgan fingerprint density at radius 3 is 2.24 bits per heavy atom. The molecule has 0 aromatic heterocycles. The van der Waals surface area contributed by atoms with Crippen LogP contribution < -0.4 is 4.90 Å². The lowest BCUT2D eigenvalue weighted by Crippen LogP contribution is -2.30. The molecule has 0 saturated heterocycles. The van der Waals surface area contributed by atoms with Gasteiger partial charge in [-0.3, -0.25) is 0 Å². The van der Waals surface area contributed by atoms with E-state index in [2.05, 4.69) is 106 Å². The normalized spacial score (nSPS) is 21.8. The van der Waals surface area contributed by atoms with Crippen LogP contribution in [0.2, 0.25) is 0 Å². The maximum atomic E-state index is 9.10. The molecule has 42 heavy (non-hydrogen) atoms. The molecule has 5 rings (SSSR count). The number of ether oxygens (including phenoxy) is 2. The Morgan fingerprint density at radius 2 is 1.52 bits per heavy atom. The van der Waals surface area contributed by atoms with Crippen molar-refractivity contribution in [2.45, 2.75) is 71.6 Å². The van der Waals surface area contributed by atoms with Crippen molar-refractivity contribution in [1.82, 2.24) is 0 Å². The molecule has 1 aliphatic carbocycles. The van der Waals surface area contributed by atoms with Crippen LogP contribution in [0.25, 0.3) is 0 Å². The Balaban J connectivity index is 1.42. The SMILES string of the molecule is COCCN1C(=CC=C2CCC(=CCC3=[N+](CCOC)c4ccc(C)cc4C3(C)C)C2=N)C(C)(C)c2cc(C)ccc21. The Morgan fingerprint density at radius 1 is 0.857 bits per heavy atom. The molecule has 0 amide bonds. The van der Waals surface area contributed by atoms with Gasteiger partial charge in [0.25, 0.3) is 0 Å². The fraction of sp³-hybridized carbons (Fsp3) is 0.459. The van der Waals surface area contributed by atoms with Crippen molar-refractivity contribution in [3.05, 3.63) is 93.7 Å². The van der Waals surface area contributed by atoms with Crippen molar-refractivity contribution in [1.29, 1.82) is 5.41 Å². The van der Waals surface area contributed by atoms with Gasteiger partial charge in [-0.05, 0) is 75.5 Å². The minimum atomic E-state index is -0.116. The quantitative estimate of drug-likeness (QED) is 0.316. The molecule has 1 saturated carbocycles. The molecule has 0 unspecified atom stereocenters. The number of hydrogen-bond donors (Lipinski definition) is 1. The lowest BCUT2D eigenvalue weighted by Gasteiger charge is -2.26. The summed E-state index contributed by atoms with van der Waals surface area (Å²) < 4.78 is 13.4. The second-order valence-electron chi connectivity index (χ2n) is 13.1. The summed E-state index contributed by atoms with van der Waals surface area (Å²) in [6.45, 7) is 16.6. The maximum absolute atomic E-state index is 9.10. The van der Waals surface area contributed by atoms with E-state index in [1.54, 1.807) is 14.2 Å². The summed E-state index contributed by atoms with van der Waals surface area (Å²) in [6, 6.07) is 13.6. The standard InChI is InChI=1S/C37H48N3O2/c1-25-9-15-31-29(23-25)36(3,4)33(39(31)19-21-41-7)17-13-27-11-12-28(35(27)38)14-18-34-37(5,6)30-24-26(2)10-16-32(30)40(34)20-22-42-8/h9-10,13-17,23-24,38H,11-12,18-22H2,1-8H3/q+1. The fourth-order valence-corrected chi connectivity index (χ4v) is 7.04. The second kappa shape index (κ2) is 11.8. The van der Waals surface area contributed by atoms with E-state index in [0.717, 1.165) is 43.5 Å². The largest absolute Gasteiger partial charge is 0.383 e. The number of fused-ring (bicyclic) bond motifs is 2. The molecule has 0 bridgehead atoms. The van der Waals surface area contributed by atoms with Crippen molar-refractivity contribution >= 4 is 22.8 Å². The Kier molecular flexibility index (Phi) is 8.46. The number of aryl methyl sites for hydroxylation is 2.